The molecule has 6 heteroatoms. The molecule has 0 bridgehead atoms. The molecule has 3 N–H and O–H groups in total. The van der Waals surface area contributed by atoms with Gasteiger partial charge in [-0.15, -0.1) is 0 Å². The van der Waals surface area contributed by atoms with E-state index in [9.17, 15) is 14.7 Å². The normalized spacial score (nSPS) is 32.4. The van der Waals surface area contributed by atoms with Crippen molar-refractivity contribution in [1.29, 1.82) is 0 Å². The predicted molar refractivity (Wildman–Crippen MR) is 85.9 cm³/mol. The molecule has 0 heterocycles. The van der Waals surface area contributed by atoms with Crippen LogP contribution in [0.3, 0.4) is 0 Å². The molecule has 1 aromatic rings. The number of methoxy groups -OCH3 is 1. The number of carbonyl (C=O) groups is 2. The van der Waals surface area contributed by atoms with E-state index in [4.69, 9.17) is 10.5 Å². The van der Waals surface area contributed by atoms with Crippen LogP contribution in [-0.4, -0.2) is 34.1 Å². The van der Waals surface area contributed by atoms with Crippen LogP contribution in [0.25, 0.3) is 0 Å². The fourth-order valence-corrected chi connectivity index (χ4v) is 3.83. The quantitative estimate of drug-likeness (QED) is 0.345. The van der Waals surface area contributed by atoms with Crippen LogP contribution in [0.5, 0.6) is 0 Å². The van der Waals surface area contributed by atoms with Gasteiger partial charge in [0.2, 0.25) is 5.91 Å². The maximum absolute atomic E-state index is 12.3. The van der Waals surface area contributed by atoms with E-state index in [2.05, 4.69) is 22.6 Å². The van der Waals surface area contributed by atoms with E-state index in [1.54, 1.807) is 0 Å². The summed E-state index contributed by atoms with van der Waals surface area (Å²) in [5.41, 5.74) is 4.90. The van der Waals surface area contributed by atoms with Crippen LogP contribution in [0.1, 0.15) is 24.3 Å². The Balaban J connectivity index is 2.55. The van der Waals surface area contributed by atoms with Crippen LogP contribution in [0.4, 0.5) is 0 Å². The number of rotatable bonds is 3. The Bertz CT molecular complexity index is 536. The molecule has 114 valence electrons. The standard InChI is InChI=1S/C15H18INO4/c1-21-14(20)15(13(17)19)8-12(18)11(16)7-10(15)9-5-3-2-4-6-9/h2-6,10-12,18H,7-8H2,1H3,(H2,17,19)/t10-,11+,12+,15+/m0/s1. The molecule has 1 aromatic carbocycles. The average molecular weight is 403 g/mol. The van der Waals surface area contributed by atoms with Gasteiger partial charge in [0, 0.05) is 9.84 Å². The summed E-state index contributed by atoms with van der Waals surface area (Å²) < 4.78 is 4.79. The number of aliphatic hydroxyl groups excluding tert-OH is 1. The number of halogens is 1. The molecular weight excluding hydrogens is 385 g/mol. The smallest absolute Gasteiger partial charge is 0.322 e. The molecule has 0 unspecified atom stereocenters. The molecule has 0 aromatic heterocycles. The number of hydrogen-bond acceptors (Lipinski definition) is 4. The van der Waals surface area contributed by atoms with Crippen LogP contribution >= 0.6 is 22.6 Å². The van der Waals surface area contributed by atoms with Gasteiger partial charge >= 0.3 is 5.97 Å². The monoisotopic (exact) mass is 403 g/mol. The lowest BCUT2D eigenvalue weighted by atomic mass is 9.62. The van der Waals surface area contributed by atoms with Crippen molar-refractivity contribution in [3.63, 3.8) is 0 Å². The summed E-state index contributed by atoms with van der Waals surface area (Å²) in [4.78, 5) is 24.5. The van der Waals surface area contributed by atoms with Crippen LogP contribution < -0.4 is 5.73 Å². The Morgan fingerprint density at radius 2 is 2.00 bits per heavy atom. The number of amides is 1. The van der Waals surface area contributed by atoms with Crippen LogP contribution in [0.15, 0.2) is 30.3 Å². The second kappa shape index (κ2) is 6.31. The molecule has 1 aliphatic carbocycles. The van der Waals surface area contributed by atoms with Gasteiger partial charge in [0.05, 0.1) is 13.2 Å². The lowest BCUT2D eigenvalue weighted by molar-refractivity contribution is -0.164. The number of esters is 1. The zero-order chi connectivity index (χ0) is 15.6. The van der Waals surface area contributed by atoms with Crippen molar-refractivity contribution in [3.05, 3.63) is 35.9 Å². The van der Waals surface area contributed by atoms with Crippen molar-refractivity contribution in [1.82, 2.24) is 0 Å². The number of hydrogen-bond donors (Lipinski definition) is 2. The molecule has 1 saturated carbocycles. The summed E-state index contributed by atoms with van der Waals surface area (Å²) in [6.07, 6.45) is -0.288. The van der Waals surface area contributed by atoms with Crippen molar-refractivity contribution in [2.75, 3.05) is 7.11 Å². The van der Waals surface area contributed by atoms with E-state index in [0.717, 1.165) is 5.56 Å². The van der Waals surface area contributed by atoms with Gasteiger partial charge in [-0.3, -0.25) is 9.59 Å². The molecule has 1 amide bonds. The molecule has 5 nitrogen and oxygen atoms in total. The third kappa shape index (κ3) is 2.78. The highest BCUT2D eigenvalue weighted by molar-refractivity contribution is 14.1. The first-order chi connectivity index (χ1) is 9.93. The van der Waals surface area contributed by atoms with Crippen LogP contribution in [0, 0.1) is 5.41 Å². The van der Waals surface area contributed by atoms with Gasteiger partial charge < -0.3 is 15.6 Å². The minimum absolute atomic E-state index is 0.0117. The van der Waals surface area contributed by atoms with E-state index >= 15 is 0 Å². The van der Waals surface area contributed by atoms with Crippen molar-refractivity contribution in [2.24, 2.45) is 11.1 Å². The predicted octanol–water partition coefficient (Wildman–Crippen LogP) is 1.37. The molecule has 0 aliphatic heterocycles. The molecule has 0 radical (unpaired) electrons. The summed E-state index contributed by atoms with van der Waals surface area (Å²) in [5.74, 6) is -1.81. The van der Waals surface area contributed by atoms with Gasteiger partial charge in [-0.25, -0.2) is 0 Å². The van der Waals surface area contributed by atoms with E-state index < -0.39 is 29.3 Å². The molecular formula is C15H18INO4. The van der Waals surface area contributed by atoms with Gasteiger partial charge in [0.15, 0.2) is 5.41 Å². The molecule has 1 fully saturated rings. The van der Waals surface area contributed by atoms with Crippen molar-refractivity contribution >= 4 is 34.5 Å². The van der Waals surface area contributed by atoms with Crippen LogP contribution in [0.2, 0.25) is 0 Å². The highest BCUT2D eigenvalue weighted by Gasteiger charge is 2.57. The number of benzene rings is 1. The first kappa shape index (κ1) is 16.2. The maximum Gasteiger partial charge on any atom is 0.322 e. The minimum atomic E-state index is -1.52. The number of ether oxygens (including phenoxy) is 1. The van der Waals surface area contributed by atoms with Gasteiger partial charge in [-0.2, -0.15) is 0 Å². The highest BCUT2D eigenvalue weighted by Crippen LogP contribution is 2.49. The highest BCUT2D eigenvalue weighted by atomic mass is 127. The van der Waals surface area contributed by atoms with Crippen molar-refractivity contribution < 1.29 is 19.4 Å². The van der Waals surface area contributed by atoms with Gasteiger partial charge in [0.25, 0.3) is 0 Å². The van der Waals surface area contributed by atoms with E-state index in [1.807, 2.05) is 30.3 Å². The van der Waals surface area contributed by atoms with Gasteiger partial charge in [0.1, 0.15) is 0 Å². The Labute approximate surface area is 137 Å². The minimum Gasteiger partial charge on any atom is -0.468 e. The first-order valence-electron chi connectivity index (χ1n) is 6.69. The summed E-state index contributed by atoms with van der Waals surface area (Å²) in [6.45, 7) is 0. The fourth-order valence-electron chi connectivity index (χ4n) is 3.07. The largest absolute Gasteiger partial charge is 0.468 e. The Morgan fingerprint density at radius 3 is 2.52 bits per heavy atom. The lowest BCUT2D eigenvalue weighted by Gasteiger charge is -2.43. The summed E-state index contributed by atoms with van der Waals surface area (Å²) in [6, 6.07) is 9.31. The van der Waals surface area contributed by atoms with Gasteiger partial charge in [-0.05, 0) is 18.4 Å². The first-order valence-corrected chi connectivity index (χ1v) is 7.93. The Morgan fingerprint density at radius 1 is 1.38 bits per heavy atom. The Kier molecular flexibility index (Phi) is 4.88. The number of aliphatic hydroxyl groups is 1. The average Bonchev–Trinajstić information content (AvgIpc) is 2.49. The zero-order valence-electron chi connectivity index (χ0n) is 11.7. The molecule has 1 aliphatic rings. The van der Waals surface area contributed by atoms with E-state index in [0.29, 0.717) is 6.42 Å². The van der Waals surface area contributed by atoms with Crippen LogP contribution in [-0.2, 0) is 14.3 Å². The maximum atomic E-state index is 12.3. The van der Waals surface area contributed by atoms with Crippen molar-refractivity contribution in [3.8, 4) is 0 Å². The zero-order valence-corrected chi connectivity index (χ0v) is 13.8. The Hall–Kier alpha value is -1.15. The van der Waals surface area contributed by atoms with Gasteiger partial charge in [-0.1, -0.05) is 52.9 Å². The number of carbonyl (C=O) groups excluding carboxylic acids is 2. The van der Waals surface area contributed by atoms with E-state index in [1.165, 1.54) is 7.11 Å². The molecule has 0 saturated heterocycles. The topological polar surface area (TPSA) is 89.6 Å². The summed E-state index contributed by atoms with van der Waals surface area (Å²) in [7, 11) is 1.23. The number of alkyl halides is 1. The molecule has 2 rings (SSSR count). The molecule has 21 heavy (non-hydrogen) atoms. The second-order valence-electron chi connectivity index (χ2n) is 5.31. The third-order valence-corrected chi connectivity index (χ3v) is 5.53. The van der Waals surface area contributed by atoms with E-state index in [-0.39, 0.29) is 10.3 Å². The molecule has 4 atom stereocenters. The number of primary amides is 1. The number of nitrogens with two attached hydrogens (primary N) is 1. The third-order valence-electron chi connectivity index (χ3n) is 4.20. The molecule has 0 spiro atoms. The summed E-state index contributed by atoms with van der Waals surface area (Å²) >= 11 is 2.15. The second-order valence-corrected chi connectivity index (χ2v) is 6.91. The summed E-state index contributed by atoms with van der Waals surface area (Å²) in [5, 5.41) is 10.1. The van der Waals surface area contributed by atoms with Crippen molar-refractivity contribution in [2.45, 2.75) is 28.8 Å². The SMILES string of the molecule is COC(=O)[C@]1(C(N)=O)C[C@@H](O)[C@H](I)C[C@H]1c1ccccc1. The lowest BCUT2D eigenvalue weighted by Crippen LogP contribution is -2.55. The fraction of sp³-hybridized carbons (Fsp3) is 0.467.